The molecule has 0 bridgehead atoms. The highest BCUT2D eigenvalue weighted by Crippen LogP contribution is 2.30. The van der Waals surface area contributed by atoms with Gasteiger partial charge >= 0.3 is 0 Å². The van der Waals surface area contributed by atoms with Crippen LogP contribution in [0, 0.1) is 0 Å². The smallest absolute Gasteiger partial charge is 0.255 e. The van der Waals surface area contributed by atoms with Crippen LogP contribution in [-0.2, 0) is 0 Å². The van der Waals surface area contributed by atoms with E-state index < -0.39 is 0 Å². The molecule has 0 radical (unpaired) electrons. The lowest BCUT2D eigenvalue weighted by Gasteiger charge is -2.18. The second-order valence-corrected chi connectivity index (χ2v) is 7.32. The maximum Gasteiger partial charge on any atom is 0.255 e. The van der Waals surface area contributed by atoms with Crippen molar-refractivity contribution in [2.24, 2.45) is 0 Å². The Labute approximate surface area is 188 Å². The maximum atomic E-state index is 13.0. The summed E-state index contributed by atoms with van der Waals surface area (Å²) in [6.45, 7) is 4.54. The van der Waals surface area contributed by atoms with Gasteiger partial charge in [0, 0.05) is 5.56 Å². The summed E-state index contributed by atoms with van der Waals surface area (Å²) in [5, 5.41) is 5.82. The standard InChI is InChI=1S/C26H28N2O4/c1-4-16-32-23-15-14-20(17-24(23)31-3)18(2)27-26(30)21-12-8-9-13-22(21)28-25(29)19-10-6-5-7-11-19/h5-15,17-18H,4,16H2,1-3H3,(H,27,30)(H,28,29). The Morgan fingerprint density at radius 3 is 2.34 bits per heavy atom. The number of ether oxygens (including phenoxy) is 2. The molecule has 0 aromatic heterocycles. The predicted molar refractivity (Wildman–Crippen MR) is 125 cm³/mol. The monoisotopic (exact) mass is 432 g/mol. The normalized spacial score (nSPS) is 11.3. The highest BCUT2D eigenvalue weighted by Gasteiger charge is 2.18. The number of anilines is 1. The van der Waals surface area contributed by atoms with Gasteiger partial charge in [0.05, 0.1) is 31.0 Å². The fourth-order valence-electron chi connectivity index (χ4n) is 3.22. The molecule has 3 aromatic carbocycles. The van der Waals surface area contributed by atoms with Crippen molar-refractivity contribution in [1.82, 2.24) is 5.32 Å². The predicted octanol–water partition coefficient (Wildman–Crippen LogP) is 5.23. The van der Waals surface area contributed by atoms with Crippen molar-refractivity contribution in [3.8, 4) is 11.5 Å². The summed E-state index contributed by atoms with van der Waals surface area (Å²) in [7, 11) is 1.59. The zero-order valence-corrected chi connectivity index (χ0v) is 18.6. The van der Waals surface area contributed by atoms with Gasteiger partial charge < -0.3 is 20.1 Å². The van der Waals surface area contributed by atoms with Gasteiger partial charge in [0.25, 0.3) is 11.8 Å². The van der Waals surface area contributed by atoms with E-state index in [0.29, 0.717) is 34.9 Å². The molecule has 0 aliphatic carbocycles. The second kappa shape index (κ2) is 11.0. The first-order valence-corrected chi connectivity index (χ1v) is 10.6. The van der Waals surface area contributed by atoms with Gasteiger partial charge in [-0.15, -0.1) is 0 Å². The van der Waals surface area contributed by atoms with Gasteiger partial charge in [0.1, 0.15) is 0 Å². The third-order valence-corrected chi connectivity index (χ3v) is 4.95. The summed E-state index contributed by atoms with van der Waals surface area (Å²) in [5.41, 5.74) is 2.24. The van der Waals surface area contributed by atoms with Crippen molar-refractivity contribution in [3.05, 3.63) is 89.5 Å². The summed E-state index contributed by atoms with van der Waals surface area (Å²) in [4.78, 5) is 25.6. The van der Waals surface area contributed by atoms with E-state index >= 15 is 0 Å². The van der Waals surface area contributed by atoms with Crippen molar-refractivity contribution < 1.29 is 19.1 Å². The third-order valence-electron chi connectivity index (χ3n) is 4.95. The molecular formula is C26H28N2O4. The van der Waals surface area contributed by atoms with Crippen LogP contribution in [0.1, 0.15) is 52.6 Å². The van der Waals surface area contributed by atoms with E-state index in [1.165, 1.54) is 0 Å². The average molecular weight is 433 g/mol. The van der Waals surface area contributed by atoms with Gasteiger partial charge in [-0.2, -0.15) is 0 Å². The van der Waals surface area contributed by atoms with E-state index in [1.54, 1.807) is 55.6 Å². The van der Waals surface area contributed by atoms with E-state index in [0.717, 1.165) is 12.0 Å². The number of para-hydroxylation sites is 1. The molecule has 1 atom stereocenters. The van der Waals surface area contributed by atoms with Gasteiger partial charge in [0.15, 0.2) is 11.5 Å². The minimum atomic E-state index is -0.285. The van der Waals surface area contributed by atoms with E-state index in [2.05, 4.69) is 10.6 Å². The number of carbonyl (C=O) groups is 2. The van der Waals surface area contributed by atoms with Crippen LogP contribution in [0.4, 0.5) is 5.69 Å². The molecule has 6 heteroatoms. The lowest BCUT2D eigenvalue weighted by Crippen LogP contribution is -2.28. The zero-order chi connectivity index (χ0) is 22.9. The first-order valence-electron chi connectivity index (χ1n) is 10.6. The molecule has 2 N–H and O–H groups in total. The topological polar surface area (TPSA) is 76.7 Å². The van der Waals surface area contributed by atoms with Gasteiger partial charge in [-0.1, -0.05) is 43.3 Å². The second-order valence-electron chi connectivity index (χ2n) is 7.32. The maximum absolute atomic E-state index is 13.0. The molecule has 0 aliphatic heterocycles. The van der Waals surface area contributed by atoms with Gasteiger partial charge in [-0.05, 0) is 55.3 Å². The van der Waals surface area contributed by atoms with Crippen LogP contribution in [0.25, 0.3) is 0 Å². The Kier molecular flexibility index (Phi) is 7.86. The number of hydrogen-bond acceptors (Lipinski definition) is 4. The number of hydrogen-bond donors (Lipinski definition) is 2. The number of methoxy groups -OCH3 is 1. The Bertz CT molecular complexity index is 1070. The summed E-state index contributed by atoms with van der Waals surface area (Å²) < 4.78 is 11.1. The summed E-state index contributed by atoms with van der Waals surface area (Å²) >= 11 is 0. The van der Waals surface area contributed by atoms with Crippen molar-refractivity contribution in [3.63, 3.8) is 0 Å². The summed E-state index contributed by atoms with van der Waals surface area (Å²) in [6, 6.07) is 21.1. The van der Waals surface area contributed by atoms with Crippen LogP contribution >= 0.6 is 0 Å². The minimum Gasteiger partial charge on any atom is -0.493 e. The highest BCUT2D eigenvalue weighted by atomic mass is 16.5. The van der Waals surface area contributed by atoms with Crippen LogP contribution in [-0.4, -0.2) is 25.5 Å². The van der Waals surface area contributed by atoms with Gasteiger partial charge in [-0.25, -0.2) is 0 Å². The van der Waals surface area contributed by atoms with Crippen molar-refractivity contribution >= 4 is 17.5 Å². The first kappa shape index (κ1) is 22.9. The minimum absolute atomic E-state index is 0.272. The summed E-state index contributed by atoms with van der Waals surface area (Å²) in [6.07, 6.45) is 0.900. The molecule has 3 aromatic rings. The Hall–Kier alpha value is -3.80. The van der Waals surface area contributed by atoms with Gasteiger partial charge in [-0.3, -0.25) is 9.59 Å². The zero-order valence-electron chi connectivity index (χ0n) is 18.6. The Morgan fingerprint density at radius 1 is 0.906 bits per heavy atom. The lowest BCUT2D eigenvalue weighted by molar-refractivity contribution is 0.0940. The quantitative estimate of drug-likeness (QED) is 0.486. The third kappa shape index (κ3) is 5.66. The molecule has 6 nitrogen and oxygen atoms in total. The van der Waals surface area contributed by atoms with Crippen LogP contribution < -0.4 is 20.1 Å². The molecule has 3 rings (SSSR count). The molecule has 0 spiro atoms. The number of nitrogens with one attached hydrogen (secondary N) is 2. The molecule has 1 unspecified atom stereocenters. The van der Waals surface area contributed by atoms with Crippen LogP contribution in [0.2, 0.25) is 0 Å². The van der Waals surface area contributed by atoms with Gasteiger partial charge in [0.2, 0.25) is 0 Å². The number of rotatable bonds is 9. The van der Waals surface area contributed by atoms with Crippen molar-refractivity contribution in [2.75, 3.05) is 19.0 Å². The summed E-state index contributed by atoms with van der Waals surface area (Å²) in [5.74, 6) is 0.733. The SMILES string of the molecule is CCCOc1ccc(C(C)NC(=O)c2ccccc2NC(=O)c2ccccc2)cc1OC. The Morgan fingerprint density at radius 2 is 1.62 bits per heavy atom. The molecule has 166 valence electrons. The van der Waals surface area contributed by atoms with E-state index in [1.807, 2.05) is 38.1 Å². The highest BCUT2D eigenvalue weighted by molar-refractivity contribution is 6.09. The fourth-order valence-corrected chi connectivity index (χ4v) is 3.22. The first-order chi connectivity index (χ1) is 15.5. The number of amides is 2. The van der Waals surface area contributed by atoms with Crippen molar-refractivity contribution in [2.45, 2.75) is 26.3 Å². The Balaban J connectivity index is 1.74. The molecule has 0 heterocycles. The lowest BCUT2D eigenvalue weighted by atomic mass is 10.1. The van der Waals surface area contributed by atoms with E-state index in [-0.39, 0.29) is 17.9 Å². The fraction of sp³-hybridized carbons (Fsp3) is 0.231. The molecular weight excluding hydrogens is 404 g/mol. The van der Waals surface area contributed by atoms with Crippen LogP contribution in [0.15, 0.2) is 72.8 Å². The van der Waals surface area contributed by atoms with Crippen LogP contribution in [0.5, 0.6) is 11.5 Å². The molecule has 0 saturated carbocycles. The van der Waals surface area contributed by atoms with Crippen LogP contribution in [0.3, 0.4) is 0 Å². The molecule has 0 saturated heterocycles. The molecule has 32 heavy (non-hydrogen) atoms. The largest absolute Gasteiger partial charge is 0.493 e. The molecule has 0 fully saturated rings. The average Bonchev–Trinajstić information content (AvgIpc) is 2.83. The van der Waals surface area contributed by atoms with E-state index in [4.69, 9.17) is 9.47 Å². The number of carbonyl (C=O) groups excluding carboxylic acids is 2. The molecule has 2 amide bonds. The van der Waals surface area contributed by atoms with Crippen molar-refractivity contribution in [1.29, 1.82) is 0 Å². The number of benzene rings is 3. The van der Waals surface area contributed by atoms with E-state index in [9.17, 15) is 9.59 Å². The molecule has 0 aliphatic rings.